The summed E-state index contributed by atoms with van der Waals surface area (Å²) < 4.78 is 2.08. The van der Waals surface area contributed by atoms with Crippen LogP contribution in [0, 0.1) is 0 Å². The Balaban J connectivity index is 2.61. The fourth-order valence-corrected chi connectivity index (χ4v) is 1.55. The molecule has 1 aromatic heterocycles. The molecule has 0 saturated heterocycles. The number of aromatic nitrogens is 2. The molecule has 0 aromatic carbocycles. The second kappa shape index (κ2) is 5.02. The SMILES string of the molecule is CCCCC(NC)c1cncn1C. The van der Waals surface area contributed by atoms with E-state index in [1.807, 2.05) is 26.6 Å². The summed E-state index contributed by atoms with van der Waals surface area (Å²) in [6, 6.07) is 0.451. The quantitative estimate of drug-likeness (QED) is 0.751. The molecule has 3 nitrogen and oxygen atoms in total. The molecule has 0 aliphatic rings. The van der Waals surface area contributed by atoms with Crippen molar-refractivity contribution in [2.75, 3.05) is 7.05 Å². The van der Waals surface area contributed by atoms with E-state index in [0.717, 1.165) is 0 Å². The molecule has 13 heavy (non-hydrogen) atoms. The number of hydrogen-bond donors (Lipinski definition) is 1. The Morgan fingerprint density at radius 1 is 1.62 bits per heavy atom. The maximum atomic E-state index is 4.12. The average Bonchev–Trinajstić information content (AvgIpc) is 2.54. The third-order valence-corrected chi connectivity index (χ3v) is 2.41. The molecule has 1 atom stereocenters. The van der Waals surface area contributed by atoms with E-state index in [0.29, 0.717) is 6.04 Å². The third kappa shape index (κ3) is 2.56. The first kappa shape index (κ1) is 10.3. The summed E-state index contributed by atoms with van der Waals surface area (Å²) in [7, 11) is 4.05. The molecular formula is C10H19N3. The fourth-order valence-electron chi connectivity index (χ4n) is 1.55. The highest BCUT2D eigenvalue weighted by Crippen LogP contribution is 2.17. The van der Waals surface area contributed by atoms with Crippen LogP contribution in [0.1, 0.15) is 37.9 Å². The van der Waals surface area contributed by atoms with Gasteiger partial charge in [-0.25, -0.2) is 4.98 Å². The maximum absolute atomic E-state index is 4.12. The first-order chi connectivity index (χ1) is 6.29. The van der Waals surface area contributed by atoms with Crippen molar-refractivity contribution in [2.45, 2.75) is 32.2 Å². The molecule has 0 aliphatic heterocycles. The van der Waals surface area contributed by atoms with Gasteiger partial charge in [-0.1, -0.05) is 19.8 Å². The molecule has 0 amide bonds. The van der Waals surface area contributed by atoms with Crippen LogP contribution in [0.15, 0.2) is 12.5 Å². The molecule has 1 heterocycles. The molecule has 1 unspecified atom stereocenters. The maximum Gasteiger partial charge on any atom is 0.0946 e. The van der Waals surface area contributed by atoms with Crippen molar-refractivity contribution >= 4 is 0 Å². The van der Waals surface area contributed by atoms with Crippen LogP contribution in [0.2, 0.25) is 0 Å². The van der Waals surface area contributed by atoms with E-state index >= 15 is 0 Å². The zero-order valence-electron chi connectivity index (χ0n) is 8.75. The molecule has 0 radical (unpaired) electrons. The first-order valence-electron chi connectivity index (χ1n) is 4.93. The van der Waals surface area contributed by atoms with Gasteiger partial charge in [0.15, 0.2) is 0 Å². The molecule has 3 heteroatoms. The molecule has 1 rings (SSSR count). The van der Waals surface area contributed by atoms with Crippen molar-refractivity contribution < 1.29 is 0 Å². The number of nitrogens with zero attached hydrogens (tertiary/aromatic N) is 2. The number of unbranched alkanes of at least 4 members (excludes halogenated alkanes) is 1. The number of hydrogen-bond acceptors (Lipinski definition) is 2. The zero-order chi connectivity index (χ0) is 9.68. The summed E-state index contributed by atoms with van der Waals surface area (Å²) in [6.07, 6.45) is 7.49. The Hall–Kier alpha value is -0.830. The second-order valence-corrected chi connectivity index (χ2v) is 3.41. The molecule has 0 bridgehead atoms. The van der Waals surface area contributed by atoms with Crippen LogP contribution >= 0.6 is 0 Å². The minimum atomic E-state index is 0.451. The Labute approximate surface area is 80.2 Å². The van der Waals surface area contributed by atoms with E-state index in [4.69, 9.17) is 0 Å². The van der Waals surface area contributed by atoms with Crippen molar-refractivity contribution in [3.8, 4) is 0 Å². The highest BCUT2D eigenvalue weighted by atomic mass is 15.1. The van der Waals surface area contributed by atoms with Crippen molar-refractivity contribution in [3.05, 3.63) is 18.2 Å². The van der Waals surface area contributed by atoms with Crippen LogP contribution in [0.4, 0.5) is 0 Å². The van der Waals surface area contributed by atoms with Crippen molar-refractivity contribution in [3.63, 3.8) is 0 Å². The minimum absolute atomic E-state index is 0.451. The molecule has 0 aliphatic carbocycles. The van der Waals surface area contributed by atoms with E-state index in [1.165, 1.54) is 25.0 Å². The lowest BCUT2D eigenvalue weighted by Crippen LogP contribution is -2.18. The summed E-state index contributed by atoms with van der Waals surface area (Å²) in [5.41, 5.74) is 1.27. The van der Waals surface area contributed by atoms with Gasteiger partial charge in [0.05, 0.1) is 12.0 Å². The minimum Gasteiger partial charge on any atom is -0.336 e. The summed E-state index contributed by atoms with van der Waals surface area (Å²) in [5, 5.41) is 3.32. The van der Waals surface area contributed by atoms with Crippen LogP contribution in [0.25, 0.3) is 0 Å². The van der Waals surface area contributed by atoms with Crippen LogP contribution in [-0.4, -0.2) is 16.6 Å². The van der Waals surface area contributed by atoms with Crippen molar-refractivity contribution in [2.24, 2.45) is 7.05 Å². The van der Waals surface area contributed by atoms with E-state index < -0.39 is 0 Å². The van der Waals surface area contributed by atoms with Gasteiger partial charge in [-0.05, 0) is 13.5 Å². The smallest absolute Gasteiger partial charge is 0.0946 e. The molecule has 1 aromatic rings. The van der Waals surface area contributed by atoms with Crippen LogP contribution in [0.5, 0.6) is 0 Å². The lowest BCUT2D eigenvalue weighted by Gasteiger charge is -2.15. The monoisotopic (exact) mass is 181 g/mol. The molecular weight excluding hydrogens is 162 g/mol. The van der Waals surface area contributed by atoms with Gasteiger partial charge >= 0.3 is 0 Å². The van der Waals surface area contributed by atoms with Gasteiger partial charge in [-0.15, -0.1) is 0 Å². The average molecular weight is 181 g/mol. The van der Waals surface area contributed by atoms with Crippen molar-refractivity contribution in [1.82, 2.24) is 14.9 Å². The molecule has 0 spiro atoms. The Bertz CT molecular complexity index is 242. The van der Waals surface area contributed by atoms with Gasteiger partial charge in [0.1, 0.15) is 0 Å². The highest BCUT2D eigenvalue weighted by molar-refractivity contribution is 5.04. The second-order valence-electron chi connectivity index (χ2n) is 3.41. The van der Waals surface area contributed by atoms with Gasteiger partial charge < -0.3 is 9.88 Å². The molecule has 74 valence electrons. The van der Waals surface area contributed by atoms with E-state index in [2.05, 4.69) is 21.8 Å². The first-order valence-corrected chi connectivity index (χ1v) is 4.93. The van der Waals surface area contributed by atoms with Gasteiger partial charge in [-0.3, -0.25) is 0 Å². The van der Waals surface area contributed by atoms with E-state index in [-0.39, 0.29) is 0 Å². The Morgan fingerprint density at radius 3 is 2.85 bits per heavy atom. The number of aryl methyl sites for hydroxylation is 1. The molecule has 0 fully saturated rings. The summed E-state index contributed by atoms with van der Waals surface area (Å²) in [4.78, 5) is 4.12. The van der Waals surface area contributed by atoms with Crippen LogP contribution in [-0.2, 0) is 7.05 Å². The van der Waals surface area contributed by atoms with Crippen LogP contribution in [0.3, 0.4) is 0 Å². The Kier molecular flexibility index (Phi) is 3.96. The zero-order valence-corrected chi connectivity index (χ0v) is 8.75. The summed E-state index contributed by atoms with van der Waals surface area (Å²) in [5.74, 6) is 0. The standard InChI is InChI=1S/C10H19N3/c1-4-5-6-9(11-2)10-7-12-8-13(10)3/h7-9,11H,4-6H2,1-3H3. The van der Waals surface area contributed by atoms with Crippen molar-refractivity contribution in [1.29, 1.82) is 0 Å². The van der Waals surface area contributed by atoms with Crippen LogP contribution < -0.4 is 5.32 Å². The van der Waals surface area contributed by atoms with E-state index in [9.17, 15) is 0 Å². The predicted octanol–water partition coefficient (Wildman–Crippen LogP) is 1.87. The predicted molar refractivity (Wildman–Crippen MR) is 54.5 cm³/mol. The summed E-state index contributed by atoms with van der Waals surface area (Å²) >= 11 is 0. The number of imidazole rings is 1. The Morgan fingerprint density at radius 2 is 2.38 bits per heavy atom. The lowest BCUT2D eigenvalue weighted by atomic mass is 10.1. The van der Waals surface area contributed by atoms with E-state index in [1.54, 1.807) is 0 Å². The largest absolute Gasteiger partial charge is 0.336 e. The molecule has 0 saturated carbocycles. The lowest BCUT2D eigenvalue weighted by molar-refractivity contribution is 0.498. The topological polar surface area (TPSA) is 29.9 Å². The molecule has 1 N–H and O–H groups in total. The van der Waals surface area contributed by atoms with Gasteiger partial charge in [0.2, 0.25) is 0 Å². The van der Waals surface area contributed by atoms with Gasteiger partial charge in [-0.2, -0.15) is 0 Å². The number of rotatable bonds is 5. The highest BCUT2D eigenvalue weighted by Gasteiger charge is 2.11. The summed E-state index contributed by atoms with van der Waals surface area (Å²) in [6.45, 7) is 2.22. The normalized spacial score (nSPS) is 13.2. The fraction of sp³-hybridized carbons (Fsp3) is 0.700. The third-order valence-electron chi connectivity index (χ3n) is 2.41. The number of nitrogens with one attached hydrogen (secondary N) is 1. The van der Waals surface area contributed by atoms with Gasteiger partial charge in [0.25, 0.3) is 0 Å². The van der Waals surface area contributed by atoms with Gasteiger partial charge in [0, 0.05) is 19.3 Å².